The van der Waals surface area contributed by atoms with Crippen molar-refractivity contribution >= 4 is 51.3 Å². The smallest absolute Gasteiger partial charge is 0.248 e. The van der Waals surface area contributed by atoms with Gasteiger partial charge in [0.05, 0.1) is 10.7 Å². The van der Waals surface area contributed by atoms with Crippen molar-refractivity contribution in [1.82, 2.24) is 10.2 Å². The highest BCUT2D eigenvalue weighted by Gasteiger charge is 2.19. The summed E-state index contributed by atoms with van der Waals surface area (Å²) in [5, 5.41) is 16.2. The number of hydrogen-bond donors (Lipinski definition) is 2. The Morgan fingerprint density at radius 1 is 1.32 bits per heavy atom. The minimum Gasteiger partial charge on any atom is -0.372 e. The lowest BCUT2D eigenvalue weighted by molar-refractivity contribution is -0.117. The highest BCUT2D eigenvalue weighted by atomic mass is 35.5. The molecule has 2 aromatic rings. The number of nitrogens with zero attached hydrogens (tertiary/aromatic N) is 2. The van der Waals surface area contributed by atoms with Gasteiger partial charge in [-0.05, 0) is 31.0 Å². The van der Waals surface area contributed by atoms with Crippen LogP contribution in [0, 0.1) is 0 Å². The van der Waals surface area contributed by atoms with E-state index in [1.807, 2.05) is 13.8 Å². The van der Waals surface area contributed by atoms with Crippen molar-refractivity contribution < 1.29 is 4.79 Å². The van der Waals surface area contributed by atoms with Gasteiger partial charge in [0, 0.05) is 5.02 Å². The van der Waals surface area contributed by atoms with Gasteiger partial charge in [-0.25, -0.2) is 0 Å². The molecule has 0 aliphatic rings. The Morgan fingerprint density at radius 3 is 2.68 bits per heavy atom. The van der Waals surface area contributed by atoms with Crippen molar-refractivity contribution in [1.29, 1.82) is 0 Å². The molecule has 0 spiro atoms. The van der Waals surface area contributed by atoms with Crippen molar-refractivity contribution in [3.63, 3.8) is 0 Å². The number of amides is 1. The molecule has 1 aromatic carbocycles. The SMILES string of the molecule is CCc1nnc(NC(=O)[C@@H](CC)Nc2ccc(Cl)cc2Cl)s1. The first kappa shape index (κ1) is 17.0. The molecule has 1 amide bonds. The van der Waals surface area contributed by atoms with E-state index in [4.69, 9.17) is 23.2 Å². The summed E-state index contributed by atoms with van der Waals surface area (Å²) < 4.78 is 0. The summed E-state index contributed by atoms with van der Waals surface area (Å²) >= 11 is 13.4. The summed E-state index contributed by atoms with van der Waals surface area (Å²) in [6, 6.07) is 4.68. The molecule has 2 rings (SSSR count). The number of benzene rings is 1. The number of halogens is 2. The second kappa shape index (κ2) is 7.76. The summed E-state index contributed by atoms with van der Waals surface area (Å²) in [5.41, 5.74) is 0.666. The van der Waals surface area contributed by atoms with E-state index >= 15 is 0 Å². The van der Waals surface area contributed by atoms with Crippen molar-refractivity contribution in [3.05, 3.63) is 33.3 Å². The van der Waals surface area contributed by atoms with Gasteiger partial charge >= 0.3 is 0 Å². The number of aromatic nitrogens is 2. The van der Waals surface area contributed by atoms with Crippen LogP contribution in [0.25, 0.3) is 0 Å². The zero-order valence-electron chi connectivity index (χ0n) is 12.2. The Hall–Kier alpha value is -1.37. The Balaban J connectivity index is 2.05. The molecule has 5 nitrogen and oxygen atoms in total. The maximum absolute atomic E-state index is 12.3. The second-order valence-corrected chi connectivity index (χ2v) is 6.48. The zero-order valence-corrected chi connectivity index (χ0v) is 14.5. The van der Waals surface area contributed by atoms with E-state index in [1.165, 1.54) is 11.3 Å². The quantitative estimate of drug-likeness (QED) is 0.810. The Kier molecular flexibility index (Phi) is 5.99. The van der Waals surface area contributed by atoms with Gasteiger partial charge in [0.2, 0.25) is 11.0 Å². The molecule has 0 unspecified atom stereocenters. The Morgan fingerprint density at radius 2 is 2.09 bits per heavy atom. The number of nitrogens with one attached hydrogen (secondary N) is 2. The third kappa shape index (κ3) is 4.32. The van der Waals surface area contributed by atoms with Crippen molar-refractivity contribution in [2.75, 3.05) is 10.6 Å². The molecular weight excluding hydrogens is 343 g/mol. The van der Waals surface area contributed by atoms with Crippen LogP contribution in [0.3, 0.4) is 0 Å². The Labute approximate surface area is 143 Å². The van der Waals surface area contributed by atoms with Crippen molar-refractivity contribution in [3.8, 4) is 0 Å². The van der Waals surface area contributed by atoms with Gasteiger partial charge in [-0.3, -0.25) is 10.1 Å². The van der Waals surface area contributed by atoms with Gasteiger partial charge in [0.25, 0.3) is 0 Å². The van der Waals surface area contributed by atoms with Crippen LogP contribution in [0.1, 0.15) is 25.3 Å². The molecule has 0 saturated carbocycles. The lowest BCUT2D eigenvalue weighted by atomic mass is 10.2. The average Bonchev–Trinajstić information content (AvgIpc) is 2.94. The molecule has 1 aromatic heterocycles. The molecule has 22 heavy (non-hydrogen) atoms. The third-order valence-electron chi connectivity index (χ3n) is 2.99. The van der Waals surface area contributed by atoms with Gasteiger partial charge in [-0.2, -0.15) is 0 Å². The maximum Gasteiger partial charge on any atom is 0.248 e. The molecule has 0 aliphatic heterocycles. The fourth-order valence-electron chi connectivity index (χ4n) is 1.79. The fraction of sp³-hybridized carbons (Fsp3) is 0.357. The summed E-state index contributed by atoms with van der Waals surface area (Å²) in [6.07, 6.45) is 1.40. The van der Waals surface area contributed by atoms with Gasteiger partial charge in [0.1, 0.15) is 11.0 Å². The minimum atomic E-state index is -0.423. The molecule has 8 heteroatoms. The largest absolute Gasteiger partial charge is 0.372 e. The van der Waals surface area contributed by atoms with Gasteiger partial charge in [-0.15, -0.1) is 10.2 Å². The topological polar surface area (TPSA) is 66.9 Å². The van der Waals surface area contributed by atoms with Crippen molar-refractivity contribution in [2.24, 2.45) is 0 Å². The molecule has 1 atom stereocenters. The molecule has 0 bridgehead atoms. The highest BCUT2D eigenvalue weighted by molar-refractivity contribution is 7.15. The van der Waals surface area contributed by atoms with E-state index in [1.54, 1.807) is 18.2 Å². The number of carbonyl (C=O) groups excluding carboxylic acids is 1. The summed E-state index contributed by atoms with van der Waals surface area (Å²) in [6.45, 7) is 3.91. The second-order valence-electron chi connectivity index (χ2n) is 4.57. The van der Waals surface area contributed by atoms with E-state index in [2.05, 4.69) is 20.8 Å². The van der Waals surface area contributed by atoms with Gasteiger partial charge < -0.3 is 5.32 Å². The van der Waals surface area contributed by atoms with Crippen LogP contribution >= 0.6 is 34.5 Å². The summed E-state index contributed by atoms with van der Waals surface area (Å²) in [7, 11) is 0. The molecular formula is C14H16Cl2N4OS. The average molecular weight is 359 g/mol. The minimum absolute atomic E-state index is 0.174. The first-order valence-corrected chi connectivity index (χ1v) is 8.45. The van der Waals surface area contributed by atoms with Crippen molar-refractivity contribution in [2.45, 2.75) is 32.7 Å². The van der Waals surface area contributed by atoms with Crippen LogP contribution in [-0.4, -0.2) is 22.1 Å². The van der Waals surface area contributed by atoms with Crippen LogP contribution in [0.4, 0.5) is 10.8 Å². The van der Waals surface area contributed by atoms with E-state index in [0.717, 1.165) is 11.4 Å². The number of aryl methyl sites for hydroxylation is 1. The molecule has 2 N–H and O–H groups in total. The predicted octanol–water partition coefficient (Wildman–Crippen LogP) is 4.24. The lowest BCUT2D eigenvalue weighted by Gasteiger charge is -2.18. The highest BCUT2D eigenvalue weighted by Crippen LogP contribution is 2.26. The molecule has 0 radical (unpaired) electrons. The first-order chi connectivity index (χ1) is 10.5. The standard InChI is InChI=1S/C14H16Cl2N4OS/c1-3-10(17-11-6-5-8(15)7-9(11)16)13(21)18-14-20-19-12(4-2)22-14/h5-7,10,17H,3-4H2,1-2H3,(H,18,20,21)/t10-/m1/s1. The third-order valence-corrected chi connectivity index (χ3v) is 4.52. The molecule has 1 heterocycles. The lowest BCUT2D eigenvalue weighted by Crippen LogP contribution is -2.34. The van der Waals surface area contributed by atoms with E-state index in [-0.39, 0.29) is 5.91 Å². The van der Waals surface area contributed by atoms with Gasteiger partial charge in [-0.1, -0.05) is 48.4 Å². The number of anilines is 2. The van der Waals surface area contributed by atoms with E-state index in [0.29, 0.717) is 27.3 Å². The molecule has 0 fully saturated rings. The van der Waals surface area contributed by atoms with Crippen LogP contribution in [0.15, 0.2) is 18.2 Å². The van der Waals surface area contributed by atoms with Crippen LogP contribution < -0.4 is 10.6 Å². The maximum atomic E-state index is 12.3. The normalized spacial score (nSPS) is 12.0. The Bertz CT molecular complexity index is 662. The van der Waals surface area contributed by atoms with Crippen LogP contribution in [0.2, 0.25) is 10.0 Å². The van der Waals surface area contributed by atoms with E-state index < -0.39 is 6.04 Å². The fourth-order valence-corrected chi connectivity index (χ4v) is 2.93. The number of rotatable bonds is 6. The molecule has 0 saturated heterocycles. The monoisotopic (exact) mass is 358 g/mol. The first-order valence-electron chi connectivity index (χ1n) is 6.88. The number of hydrogen-bond acceptors (Lipinski definition) is 5. The van der Waals surface area contributed by atoms with Crippen LogP contribution in [-0.2, 0) is 11.2 Å². The molecule has 118 valence electrons. The number of carbonyl (C=O) groups is 1. The zero-order chi connectivity index (χ0) is 16.1. The van der Waals surface area contributed by atoms with E-state index in [9.17, 15) is 4.79 Å². The summed E-state index contributed by atoms with van der Waals surface area (Å²) in [5.74, 6) is -0.174. The van der Waals surface area contributed by atoms with Gasteiger partial charge in [0.15, 0.2) is 0 Å². The van der Waals surface area contributed by atoms with Crippen LogP contribution in [0.5, 0.6) is 0 Å². The molecule has 0 aliphatic carbocycles. The predicted molar refractivity (Wildman–Crippen MR) is 92.1 cm³/mol. The summed E-state index contributed by atoms with van der Waals surface area (Å²) in [4.78, 5) is 12.3.